The van der Waals surface area contributed by atoms with Gasteiger partial charge < -0.3 is 14.5 Å². The Labute approximate surface area is 96.4 Å². The van der Waals surface area contributed by atoms with Crippen molar-refractivity contribution in [2.45, 2.75) is 38.2 Å². The van der Waals surface area contributed by atoms with Crippen LogP contribution in [0.3, 0.4) is 0 Å². The Morgan fingerprint density at radius 2 is 2.44 bits per heavy atom. The third-order valence-electron chi connectivity index (χ3n) is 3.14. The van der Waals surface area contributed by atoms with Crippen LogP contribution in [0.2, 0.25) is 0 Å². The molecule has 2 atom stereocenters. The monoisotopic (exact) mass is 224 g/mol. The molecule has 2 rings (SSSR count). The second-order valence-corrected chi connectivity index (χ2v) is 4.22. The molecule has 16 heavy (non-hydrogen) atoms. The molecule has 0 bridgehead atoms. The van der Waals surface area contributed by atoms with Crippen LogP contribution >= 0.6 is 0 Å². The largest absolute Gasteiger partial charge is 0.445 e. The average molecular weight is 224 g/mol. The Hall–Kier alpha value is -0.870. The molecule has 0 aliphatic carbocycles. The molecule has 1 aliphatic rings. The van der Waals surface area contributed by atoms with E-state index in [2.05, 4.69) is 17.2 Å². The van der Waals surface area contributed by atoms with Crippen LogP contribution in [-0.2, 0) is 11.2 Å². The Morgan fingerprint density at radius 3 is 3.19 bits per heavy atom. The van der Waals surface area contributed by atoms with Crippen molar-refractivity contribution in [1.82, 2.24) is 10.3 Å². The summed E-state index contributed by atoms with van der Waals surface area (Å²) in [4.78, 5) is 4.30. The van der Waals surface area contributed by atoms with Crippen LogP contribution in [0.15, 0.2) is 10.6 Å². The molecule has 0 spiro atoms. The summed E-state index contributed by atoms with van der Waals surface area (Å²) in [5.41, 5.74) is 0. The van der Waals surface area contributed by atoms with Gasteiger partial charge in [-0.15, -0.1) is 0 Å². The predicted molar refractivity (Wildman–Crippen MR) is 61.5 cm³/mol. The van der Waals surface area contributed by atoms with E-state index >= 15 is 0 Å². The first-order valence-electron chi connectivity index (χ1n) is 6.06. The summed E-state index contributed by atoms with van der Waals surface area (Å²) in [6.45, 7) is 3.90. The third kappa shape index (κ3) is 2.44. The molecule has 1 fully saturated rings. The molecule has 0 amide bonds. The van der Waals surface area contributed by atoms with Crippen molar-refractivity contribution in [3.05, 3.63) is 17.8 Å². The summed E-state index contributed by atoms with van der Waals surface area (Å²) in [5.74, 6) is 2.22. The van der Waals surface area contributed by atoms with E-state index in [1.165, 1.54) is 0 Å². The topological polar surface area (TPSA) is 47.3 Å². The SMILES string of the molecule is CCC1OCCC1c1cnc(CCNC)o1. The van der Waals surface area contributed by atoms with Crippen LogP contribution in [-0.4, -0.2) is 31.3 Å². The number of rotatable bonds is 5. The lowest BCUT2D eigenvalue weighted by Gasteiger charge is -2.13. The van der Waals surface area contributed by atoms with Crippen LogP contribution in [0.4, 0.5) is 0 Å². The Bertz CT molecular complexity index is 325. The molecular weight excluding hydrogens is 204 g/mol. The zero-order chi connectivity index (χ0) is 11.4. The molecule has 0 radical (unpaired) electrons. The van der Waals surface area contributed by atoms with Crippen LogP contribution < -0.4 is 5.32 Å². The smallest absolute Gasteiger partial charge is 0.195 e. The van der Waals surface area contributed by atoms with E-state index in [-0.39, 0.29) is 0 Å². The van der Waals surface area contributed by atoms with Crippen molar-refractivity contribution < 1.29 is 9.15 Å². The van der Waals surface area contributed by atoms with Gasteiger partial charge in [0.2, 0.25) is 0 Å². The summed E-state index contributed by atoms with van der Waals surface area (Å²) in [5, 5.41) is 3.09. The molecule has 1 N–H and O–H groups in total. The summed E-state index contributed by atoms with van der Waals surface area (Å²) in [6.07, 6.45) is 5.12. The van der Waals surface area contributed by atoms with E-state index in [4.69, 9.17) is 9.15 Å². The Morgan fingerprint density at radius 1 is 1.56 bits per heavy atom. The number of aromatic nitrogens is 1. The fourth-order valence-electron chi connectivity index (χ4n) is 2.22. The maximum absolute atomic E-state index is 5.77. The molecule has 0 aromatic carbocycles. The quantitative estimate of drug-likeness (QED) is 0.827. The summed E-state index contributed by atoms with van der Waals surface area (Å²) in [6, 6.07) is 0. The standard InChI is InChI=1S/C12H20N2O2/c1-3-10-9(5-7-15-10)11-8-14-12(16-11)4-6-13-2/h8-10,13H,3-7H2,1-2H3. The molecule has 1 saturated heterocycles. The zero-order valence-electron chi connectivity index (χ0n) is 10.0. The minimum absolute atomic E-state index is 0.310. The fourth-order valence-corrected chi connectivity index (χ4v) is 2.22. The molecule has 2 unspecified atom stereocenters. The molecule has 4 heteroatoms. The lowest BCUT2D eigenvalue weighted by Crippen LogP contribution is -2.12. The lowest BCUT2D eigenvalue weighted by atomic mass is 9.97. The van der Waals surface area contributed by atoms with Gasteiger partial charge in [0.1, 0.15) is 5.76 Å². The number of nitrogens with zero attached hydrogens (tertiary/aromatic N) is 1. The highest BCUT2D eigenvalue weighted by Crippen LogP contribution is 2.33. The number of ether oxygens (including phenoxy) is 1. The van der Waals surface area contributed by atoms with Gasteiger partial charge in [0.15, 0.2) is 5.89 Å². The first-order valence-corrected chi connectivity index (χ1v) is 6.06. The minimum Gasteiger partial charge on any atom is -0.445 e. The summed E-state index contributed by atoms with van der Waals surface area (Å²) in [7, 11) is 1.93. The van der Waals surface area contributed by atoms with Crippen molar-refractivity contribution in [3.63, 3.8) is 0 Å². The molecular formula is C12H20N2O2. The molecule has 2 heterocycles. The van der Waals surface area contributed by atoms with Crippen molar-refractivity contribution in [3.8, 4) is 0 Å². The normalized spacial score (nSPS) is 25.1. The molecule has 0 saturated carbocycles. The fraction of sp³-hybridized carbons (Fsp3) is 0.750. The van der Waals surface area contributed by atoms with Gasteiger partial charge in [0.05, 0.1) is 12.3 Å². The van der Waals surface area contributed by atoms with Gasteiger partial charge in [-0.05, 0) is 19.9 Å². The van der Waals surface area contributed by atoms with E-state index in [1.54, 1.807) is 0 Å². The van der Waals surface area contributed by atoms with Gasteiger partial charge in [0, 0.05) is 25.5 Å². The molecule has 90 valence electrons. The maximum Gasteiger partial charge on any atom is 0.195 e. The zero-order valence-corrected chi connectivity index (χ0v) is 10.0. The summed E-state index contributed by atoms with van der Waals surface area (Å²) < 4.78 is 11.4. The van der Waals surface area contributed by atoms with Gasteiger partial charge in [-0.1, -0.05) is 6.92 Å². The van der Waals surface area contributed by atoms with Gasteiger partial charge in [-0.2, -0.15) is 0 Å². The molecule has 1 aromatic rings. The number of oxazole rings is 1. The van der Waals surface area contributed by atoms with Gasteiger partial charge >= 0.3 is 0 Å². The lowest BCUT2D eigenvalue weighted by molar-refractivity contribution is 0.0971. The van der Waals surface area contributed by atoms with E-state index in [0.29, 0.717) is 12.0 Å². The number of hydrogen-bond acceptors (Lipinski definition) is 4. The van der Waals surface area contributed by atoms with Crippen LogP contribution in [0.1, 0.15) is 37.3 Å². The van der Waals surface area contributed by atoms with Gasteiger partial charge in [-0.3, -0.25) is 0 Å². The Kier molecular flexibility index (Phi) is 3.96. The average Bonchev–Trinajstić information content (AvgIpc) is 2.94. The van der Waals surface area contributed by atoms with E-state index in [1.807, 2.05) is 13.2 Å². The van der Waals surface area contributed by atoms with Crippen LogP contribution in [0.5, 0.6) is 0 Å². The first kappa shape index (κ1) is 11.6. The van der Waals surface area contributed by atoms with Crippen LogP contribution in [0.25, 0.3) is 0 Å². The van der Waals surface area contributed by atoms with Gasteiger partial charge in [-0.25, -0.2) is 4.98 Å². The first-order chi connectivity index (χ1) is 7.85. The number of likely N-dealkylation sites (N-methyl/N-ethyl adjacent to an activating group) is 1. The molecule has 1 aliphatic heterocycles. The highest BCUT2D eigenvalue weighted by molar-refractivity contribution is 5.06. The summed E-state index contributed by atoms with van der Waals surface area (Å²) >= 11 is 0. The highest BCUT2D eigenvalue weighted by atomic mass is 16.5. The second kappa shape index (κ2) is 5.46. The van der Waals surface area contributed by atoms with Crippen molar-refractivity contribution in [2.75, 3.05) is 20.2 Å². The number of hydrogen-bond donors (Lipinski definition) is 1. The van der Waals surface area contributed by atoms with Crippen molar-refractivity contribution in [2.24, 2.45) is 0 Å². The number of nitrogens with one attached hydrogen (secondary N) is 1. The van der Waals surface area contributed by atoms with Crippen LogP contribution in [0, 0.1) is 0 Å². The predicted octanol–water partition coefficient (Wildman–Crippen LogP) is 1.72. The Balaban J connectivity index is 2.00. The van der Waals surface area contributed by atoms with E-state index in [9.17, 15) is 0 Å². The molecule has 1 aromatic heterocycles. The second-order valence-electron chi connectivity index (χ2n) is 4.22. The molecule has 4 nitrogen and oxygen atoms in total. The van der Waals surface area contributed by atoms with E-state index < -0.39 is 0 Å². The minimum atomic E-state index is 0.310. The van der Waals surface area contributed by atoms with E-state index in [0.717, 1.165) is 44.1 Å². The maximum atomic E-state index is 5.77. The highest BCUT2D eigenvalue weighted by Gasteiger charge is 2.30. The van der Waals surface area contributed by atoms with Gasteiger partial charge in [0.25, 0.3) is 0 Å². The van der Waals surface area contributed by atoms with Crippen molar-refractivity contribution in [1.29, 1.82) is 0 Å². The third-order valence-corrected chi connectivity index (χ3v) is 3.14. The van der Waals surface area contributed by atoms with Crippen molar-refractivity contribution >= 4 is 0 Å².